The molecular formula is C13H18ClNO. The highest BCUT2D eigenvalue weighted by atomic mass is 35.5. The van der Waals surface area contributed by atoms with Gasteiger partial charge in [0.2, 0.25) is 0 Å². The van der Waals surface area contributed by atoms with Gasteiger partial charge in [-0.3, -0.25) is 0 Å². The van der Waals surface area contributed by atoms with Crippen LogP contribution in [0.2, 0.25) is 5.02 Å². The van der Waals surface area contributed by atoms with Crippen LogP contribution in [-0.4, -0.2) is 6.61 Å². The van der Waals surface area contributed by atoms with E-state index in [4.69, 9.17) is 22.1 Å². The van der Waals surface area contributed by atoms with Crippen molar-refractivity contribution in [3.05, 3.63) is 28.8 Å². The van der Waals surface area contributed by atoms with Gasteiger partial charge < -0.3 is 10.5 Å². The number of benzene rings is 1. The first-order valence-electron chi connectivity index (χ1n) is 5.84. The van der Waals surface area contributed by atoms with Crippen molar-refractivity contribution in [3.63, 3.8) is 0 Å². The predicted molar refractivity (Wildman–Crippen MR) is 66.9 cm³/mol. The van der Waals surface area contributed by atoms with Crippen LogP contribution in [0.25, 0.3) is 0 Å². The molecule has 0 radical (unpaired) electrons. The van der Waals surface area contributed by atoms with E-state index < -0.39 is 0 Å². The third kappa shape index (κ3) is 3.13. The molecule has 0 spiro atoms. The third-order valence-corrected chi connectivity index (χ3v) is 3.26. The van der Waals surface area contributed by atoms with Crippen LogP contribution < -0.4 is 10.5 Å². The van der Waals surface area contributed by atoms with Gasteiger partial charge in [-0.2, -0.15) is 0 Å². The average Bonchev–Trinajstić information content (AvgIpc) is 3.04. The lowest BCUT2D eigenvalue weighted by Gasteiger charge is -2.11. The largest absolute Gasteiger partial charge is 0.492 e. The first-order chi connectivity index (χ1) is 7.66. The molecule has 88 valence electrons. The molecule has 0 aliphatic heterocycles. The van der Waals surface area contributed by atoms with Crippen molar-refractivity contribution in [2.75, 3.05) is 6.61 Å². The van der Waals surface area contributed by atoms with Crippen LogP contribution in [0, 0.1) is 5.92 Å². The Morgan fingerprint density at radius 1 is 1.50 bits per heavy atom. The number of ether oxygens (including phenoxy) is 1. The van der Waals surface area contributed by atoms with Gasteiger partial charge >= 0.3 is 0 Å². The van der Waals surface area contributed by atoms with E-state index in [9.17, 15) is 0 Å². The molecule has 0 aromatic heterocycles. The monoisotopic (exact) mass is 239 g/mol. The molecule has 1 atom stereocenters. The van der Waals surface area contributed by atoms with Gasteiger partial charge in [-0.05, 0) is 37.0 Å². The zero-order chi connectivity index (χ0) is 11.5. The smallest absolute Gasteiger partial charge is 0.137 e. The molecule has 0 unspecified atom stereocenters. The van der Waals surface area contributed by atoms with E-state index in [1.54, 1.807) is 0 Å². The van der Waals surface area contributed by atoms with Crippen molar-refractivity contribution in [2.24, 2.45) is 11.7 Å². The quantitative estimate of drug-likeness (QED) is 0.853. The molecule has 1 saturated carbocycles. The molecule has 0 heterocycles. The highest BCUT2D eigenvalue weighted by Gasteiger charge is 2.20. The third-order valence-electron chi connectivity index (χ3n) is 2.96. The molecule has 1 aromatic rings. The molecule has 1 aliphatic rings. The van der Waals surface area contributed by atoms with Gasteiger partial charge in [0.25, 0.3) is 0 Å². The SMILES string of the molecule is C[C@@H](N)c1ccc(OCCC2CC2)c(Cl)c1. The number of nitrogens with two attached hydrogens (primary N) is 1. The highest BCUT2D eigenvalue weighted by molar-refractivity contribution is 6.32. The van der Waals surface area contributed by atoms with Crippen molar-refractivity contribution in [1.29, 1.82) is 0 Å². The topological polar surface area (TPSA) is 35.2 Å². The van der Waals surface area contributed by atoms with Crippen molar-refractivity contribution in [1.82, 2.24) is 0 Å². The Balaban J connectivity index is 1.92. The van der Waals surface area contributed by atoms with Crippen LogP contribution in [0.3, 0.4) is 0 Å². The predicted octanol–water partition coefficient (Wildman–Crippen LogP) is 3.54. The molecule has 1 aliphatic carbocycles. The zero-order valence-corrected chi connectivity index (χ0v) is 10.3. The molecule has 1 fully saturated rings. The molecular weight excluding hydrogens is 222 g/mol. The summed E-state index contributed by atoms with van der Waals surface area (Å²) in [6.45, 7) is 2.71. The van der Waals surface area contributed by atoms with Crippen LogP contribution in [0.5, 0.6) is 5.75 Å². The van der Waals surface area contributed by atoms with Crippen LogP contribution in [0.15, 0.2) is 18.2 Å². The normalized spacial score (nSPS) is 17.2. The Labute approximate surface area is 102 Å². The number of hydrogen-bond donors (Lipinski definition) is 1. The minimum Gasteiger partial charge on any atom is -0.492 e. The summed E-state index contributed by atoms with van der Waals surface area (Å²) < 4.78 is 5.65. The maximum Gasteiger partial charge on any atom is 0.137 e. The second-order valence-corrected chi connectivity index (χ2v) is 4.97. The molecule has 2 N–H and O–H groups in total. The van der Waals surface area contributed by atoms with E-state index >= 15 is 0 Å². The van der Waals surface area contributed by atoms with Crippen LogP contribution in [0.4, 0.5) is 0 Å². The molecule has 2 rings (SSSR count). The first kappa shape index (κ1) is 11.7. The van der Waals surface area contributed by atoms with Gasteiger partial charge in [-0.15, -0.1) is 0 Å². The highest BCUT2D eigenvalue weighted by Crippen LogP contribution is 2.33. The Hall–Kier alpha value is -0.730. The number of hydrogen-bond acceptors (Lipinski definition) is 2. The minimum atomic E-state index is 0.0121. The minimum absolute atomic E-state index is 0.0121. The van der Waals surface area contributed by atoms with Crippen molar-refractivity contribution < 1.29 is 4.74 Å². The van der Waals surface area contributed by atoms with Gasteiger partial charge in [-0.25, -0.2) is 0 Å². The van der Waals surface area contributed by atoms with Gasteiger partial charge in [0.15, 0.2) is 0 Å². The lowest BCUT2D eigenvalue weighted by atomic mass is 10.1. The summed E-state index contributed by atoms with van der Waals surface area (Å²) in [4.78, 5) is 0. The molecule has 16 heavy (non-hydrogen) atoms. The van der Waals surface area contributed by atoms with Crippen LogP contribution in [0.1, 0.15) is 37.8 Å². The molecule has 1 aromatic carbocycles. The summed E-state index contributed by atoms with van der Waals surface area (Å²) in [7, 11) is 0. The summed E-state index contributed by atoms with van der Waals surface area (Å²) in [5.41, 5.74) is 6.82. The van der Waals surface area contributed by atoms with Gasteiger partial charge in [0.05, 0.1) is 11.6 Å². The summed E-state index contributed by atoms with van der Waals surface area (Å²) in [6, 6.07) is 5.79. The van der Waals surface area contributed by atoms with Gasteiger partial charge in [-0.1, -0.05) is 30.5 Å². The van der Waals surface area contributed by atoms with E-state index in [1.807, 2.05) is 25.1 Å². The summed E-state index contributed by atoms with van der Waals surface area (Å²) in [6.07, 6.45) is 3.87. The lowest BCUT2D eigenvalue weighted by molar-refractivity contribution is 0.302. The molecule has 0 saturated heterocycles. The fourth-order valence-corrected chi connectivity index (χ4v) is 1.90. The molecule has 0 bridgehead atoms. The molecule has 2 nitrogen and oxygen atoms in total. The lowest BCUT2D eigenvalue weighted by Crippen LogP contribution is -2.05. The standard InChI is InChI=1S/C13H18ClNO/c1-9(15)11-4-5-13(12(14)8-11)16-7-6-10-2-3-10/h4-5,8-10H,2-3,6-7,15H2,1H3/t9-/m1/s1. The second kappa shape index (κ2) is 5.07. The number of halogens is 1. The molecule has 0 amide bonds. The van der Waals surface area contributed by atoms with Crippen LogP contribution >= 0.6 is 11.6 Å². The Bertz CT molecular complexity index is 361. The fraction of sp³-hybridized carbons (Fsp3) is 0.538. The van der Waals surface area contributed by atoms with Gasteiger partial charge in [0.1, 0.15) is 5.75 Å². The Kier molecular flexibility index (Phi) is 3.72. The van der Waals surface area contributed by atoms with E-state index in [1.165, 1.54) is 12.8 Å². The Morgan fingerprint density at radius 2 is 2.25 bits per heavy atom. The summed E-state index contributed by atoms with van der Waals surface area (Å²) in [5.74, 6) is 1.66. The van der Waals surface area contributed by atoms with Crippen molar-refractivity contribution >= 4 is 11.6 Å². The van der Waals surface area contributed by atoms with Crippen molar-refractivity contribution in [3.8, 4) is 5.75 Å². The van der Waals surface area contributed by atoms with E-state index in [2.05, 4.69) is 0 Å². The fourth-order valence-electron chi connectivity index (χ4n) is 1.66. The molecule has 3 heteroatoms. The van der Waals surface area contributed by atoms with E-state index in [-0.39, 0.29) is 6.04 Å². The number of rotatable bonds is 5. The average molecular weight is 240 g/mol. The van der Waals surface area contributed by atoms with Gasteiger partial charge in [0, 0.05) is 6.04 Å². The Morgan fingerprint density at radius 3 is 2.81 bits per heavy atom. The van der Waals surface area contributed by atoms with Crippen LogP contribution in [-0.2, 0) is 0 Å². The van der Waals surface area contributed by atoms with E-state index in [0.29, 0.717) is 5.02 Å². The summed E-state index contributed by atoms with van der Waals surface area (Å²) >= 11 is 6.12. The van der Waals surface area contributed by atoms with Crippen molar-refractivity contribution in [2.45, 2.75) is 32.2 Å². The summed E-state index contributed by atoms with van der Waals surface area (Å²) in [5, 5.41) is 0.658. The second-order valence-electron chi connectivity index (χ2n) is 4.56. The zero-order valence-electron chi connectivity index (χ0n) is 9.58. The first-order valence-corrected chi connectivity index (χ1v) is 6.22. The maximum absolute atomic E-state index is 6.12. The van der Waals surface area contributed by atoms with E-state index in [0.717, 1.165) is 30.3 Å². The maximum atomic E-state index is 6.12.